The Balaban J connectivity index is 0.00000338. The van der Waals surface area contributed by atoms with E-state index in [4.69, 9.17) is 5.73 Å². The number of halogens is 1. The van der Waals surface area contributed by atoms with Gasteiger partial charge in [0.05, 0.1) is 17.3 Å². The first-order valence-electron chi connectivity index (χ1n) is 9.18. The van der Waals surface area contributed by atoms with Crippen LogP contribution in [0.1, 0.15) is 63.2 Å². The predicted molar refractivity (Wildman–Crippen MR) is 104 cm³/mol. The Kier molecular flexibility index (Phi) is 8.56. The van der Waals surface area contributed by atoms with Gasteiger partial charge in [-0.15, -0.1) is 12.4 Å². The van der Waals surface area contributed by atoms with E-state index < -0.39 is 5.54 Å². The molecule has 0 aliphatic heterocycles. The van der Waals surface area contributed by atoms with Crippen LogP contribution in [0.2, 0.25) is 0 Å². The van der Waals surface area contributed by atoms with Crippen molar-refractivity contribution in [2.45, 2.75) is 71.0 Å². The molecule has 1 saturated carbocycles. The molecule has 1 aromatic rings. The summed E-state index contributed by atoms with van der Waals surface area (Å²) in [6.07, 6.45) is 8.78. The van der Waals surface area contributed by atoms with Crippen LogP contribution in [0.15, 0.2) is 12.4 Å². The lowest BCUT2D eigenvalue weighted by Gasteiger charge is -2.33. The minimum atomic E-state index is -0.475. The molecule has 0 aromatic carbocycles. The fourth-order valence-corrected chi connectivity index (χ4v) is 3.00. The van der Waals surface area contributed by atoms with Crippen molar-refractivity contribution in [2.75, 3.05) is 6.54 Å². The minimum Gasteiger partial charge on any atom is -0.352 e. The second-order valence-electron chi connectivity index (χ2n) is 7.56. The number of hydrogen-bond donors (Lipinski definition) is 3. The molecule has 1 atom stereocenters. The van der Waals surface area contributed by atoms with E-state index in [9.17, 15) is 9.59 Å². The number of carbonyl (C=O) groups excluding carboxylic acids is 2. The lowest BCUT2D eigenvalue weighted by Crippen LogP contribution is -2.54. The Labute approximate surface area is 161 Å². The van der Waals surface area contributed by atoms with Crippen LogP contribution in [0.4, 0.5) is 0 Å². The summed E-state index contributed by atoms with van der Waals surface area (Å²) in [6.45, 7) is 6.45. The quantitative estimate of drug-likeness (QED) is 0.666. The Morgan fingerprint density at radius 3 is 2.58 bits per heavy atom. The molecule has 7 nitrogen and oxygen atoms in total. The smallest absolute Gasteiger partial charge is 0.254 e. The van der Waals surface area contributed by atoms with Crippen LogP contribution in [0.3, 0.4) is 0 Å². The van der Waals surface area contributed by atoms with E-state index in [0.717, 1.165) is 12.8 Å². The van der Waals surface area contributed by atoms with Gasteiger partial charge in [-0.3, -0.25) is 14.3 Å². The number of rotatable bonds is 7. The zero-order valence-corrected chi connectivity index (χ0v) is 16.8. The molecule has 148 valence electrons. The van der Waals surface area contributed by atoms with Gasteiger partial charge in [-0.05, 0) is 25.7 Å². The first-order chi connectivity index (χ1) is 11.8. The number of nitrogens with zero attached hydrogens (tertiary/aromatic N) is 2. The van der Waals surface area contributed by atoms with Crippen LogP contribution < -0.4 is 16.4 Å². The molecule has 8 heteroatoms. The molecule has 1 fully saturated rings. The van der Waals surface area contributed by atoms with Gasteiger partial charge in [-0.2, -0.15) is 5.10 Å². The van der Waals surface area contributed by atoms with Gasteiger partial charge in [0.2, 0.25) is 5.91 Å². The summed E-state index contributed by atoms with van der Waals surface area (Å²) < 4.78 is 1.50. The highest BCUT2D eigenvalue weighted by Gasteiger charge is 2.29. The number of aromatic nitrogens is 2. The van der Waals surface area contributed by atoms with Crippen molar-refractivity contribution in [3.8, 4) is 0 Å². The molecule has 1 heterocycles. The van der Waals surface area contributed by atoms with E-state index in [1.165, 1.54) is 30.1 Å². The van der Waals surface area contributed by atoms with Gasteiger partial charge in [0, 0.05) is 18.8 Å². The number of carbonyl (C=O) groups is 2. The van der Waals surface area contributed by atoms with E-state index in [-0.39, 0.29) is 42.7 Å². The van der Waals surface area contributed by atoms with Crippen molar-refractivity contribution in [1.29, 1.82) is 0 Å². The van der Waals surface area contributed by atoms with Crippen molar-refractivity contribution < 1.29 is 9.59 Å². The van der Waals surface area contributed by atoms with Crippen molar-refractivity contribution in [3.63, 3.8) is 0 Å². The summed E-state index contributed by atoms with van der Waals surface area (Å²) in [5.74, 6) is -0.0747. The van der Waals surface area contributed by atoms with Gasteiger partial charge in [0.25, 0.3) is 5.91 Å². The van der Waals surface area contributed by atoms with E-state index in [0.29, 0.717) is 12.1 Å². The number of amides is 2. The first kappa shape index (κ1) is 22.4. The zero-order valence-electron chi connectivity index (χ0n) is 16.0. The molecule has 0 bridgehead atoms. The highest BCUT2D eigenvalue weighted by molar-refractivity contribution is 5.94. The van der Waals surface area contributed by atoms with Crippen molar-refractivity contribution >= 4 is 24.2 Å². The van der Waals surface area contributed by atoms with Gasteiger partial charge in [0.1, 0.15) is 6.54 Å². The van der Waals surface area contributed by atoms with E-state index in [1.54, 1.807) is 6.20 Å². The molecule has 1 aliphatic rings. The second kappa shape index (κ2) is 9.92. The minimum absolute atomic E-state index is 0. The van der Waals surface area contributed by atoms with Crippen LogP contribution in [-0.2, 0) is 11.3 Å². The van der Waals surface area contributed by atoms with Crippen molar-refractivity contribution in [2.24, 2.45) is 11.7 Å². The van der Waals surface area contributed by atoms with E-state index in [1.807, 2.05) is 20.8 Å². The summed E-state index contributed by atoms with van der Waals surface area (Å²) in [5.41, 5.74) is 5.77. The molecule has 0 radical (unpaired) electrons. The number of nitrogens with two attached hydrogens (primary N) is 1. The largest absolute Gasteiger partial charge is 0.352 e. The summed E-state index contributed by atoms with van der Waals surface area (Å²) in [4.78, 5) is 24.6. The topological polar surface area (TPSA) is 102 Å². The van der Waals surface area contributed by atoms with Gasteiger partial charge in [0.15, 0.2) is 0 Å². The van der Waals surface area contributed by atoms with E-state index in [2.05, 4.69) is 15.7 Å². The Hall–Kier alpha value is -1.60. The molecule has 26 heavy (non-hydrogen) atoms. The van der Waals surface area contributed by atoms with Crippen LogP contribution in [0.25, 0.3) is 0 Å². The Morgan fingerprint density at radius 1 is 1.35 bits per heavy atom. The maximum Gasteiger partial charge on any atom is 0.254 e. The predicted octanol–water partition coefficient (Wildman–Crippen LogP) is 1.86. The van der Waals surface area contributed by atoms with Gasteiger partial charge in [-0.25, -0.2) is 0 Å². The molecule has 1 aliphatic carbocycles. The van der Waals surface area contributed by atoms with Crippen molar-refractivity contribution in [3.05, 3.63) is 18.0 Å². The van der Waals surface area contributed by atoms with Gasteiger partial charge < -0.3 is 16.4 Å². The SMILES string of the molecule is CC(C)C(C)(CN)NC(=O)c1cnn(CC(=O)NC2CCCCC2)c1.Cl. The van der Waals surface area contributed by atoms with Crippen LogP contribution in [0, 0.1) is 5.92 Å². The molecule has 0 saturated heterocycles. The third-order valence-corrected chi connectivity index (χ3v) is 5.27. The number of nitrogens with one attached hydrogen (secondary N) is 2. The zero-order chi connectivity index (χ0) is 18.4. The molecule has 2 amide bonds. The standard InChI is InChI=1S/C18H31N5O2.ClH/c1-13(2)18(3,12-19)22-17(25)14-9-20-23(10-14)11-16(24)21-15-7-5-4-6-8-15;/h9-10,13,15H,4-8,11-12,19H2,1-3H3,(H,21,24)(H,22,25);1H. The van der Waals surface area contributed by atoms with Crippen molar-refractivity contribution in [1.82, 2.24) is 20.4 Å². The highest BCUT2D eigenvalue weighted by atomic mass is 35.5. The van der Waals surface area contributed by atoms with E-state index >= 15 is 0 Å². The fourth-order valence-electron chi connectivity index (χ4n) is 3.00. The lowest BCUT2D eigenvalue weighted by atomic mass is 9.88. The summed E-state index contributed by atoms with van der Waals surface area (Å²) in [6, 6.07) is 0.274. The van der Waals surface area contributed by atoms with Crippen LogP contribution in [-0.4, -0.2) is 39.7 Å². The van der Waals surface area contributed by atoms with Gasteiger partial charge in [-0.1, -0.05) is 33.1 Å². The fraction of sp³-hybridized carbons (Fsp3) is 0.722. The lowest BCUT2D eigenvalue weighted by molar-refractivity contribution is -0.122. The molecular formula is C18H32ClN5O2. The third kappa shape index (κ3) is 5.99. The second-order valence-corrected chi connectivity index (χ2v) is 7.56. The summed E-state index contributed by atoms with van der Waals surface area (Å²) in [5, 5.41) is 10.2. The van der Waals surface area contributed by atoms with Crippen LogP contribution >= 0.6 is 12.4 Å². The first-order valence-corrected chi connectivity index (χ1v) is 9.18. The molecule has 0 spiro atoms. The number of hydrogen-bond acceptors (Lipinski definition) is 4. The van der Waals surface area contributed by atoms with Crippen LogP contribution in [0.5, 0.6) is 0 Å². The van der Waals surface area contributed by atoms with Gasteiger partial charge >= 0.3 is 0 Å². The molecule has 1 unspecified atom stereocenters. The average molecular weight is 386 g/mol. The monoisotopic (exact) mass is 385 g/mol. The normalized spacial score (nSPS) is 17.3. The summed E-state index contributed by atoms with van der Waals surface area (Å²) >= 11 is 0. The molecule has 4 N–H and O–H groups in total. The maximum absolute atomic E-state index is 12.4. The average Bonchev–Trinajstić information content (AvgIpc) is 3.03. The molecule has 2 rings (SSSR count). The maximum atomic E-state index is 12.4. The third-order valence-electron chi connectivity index (χ3n) is 5.27. The molecular weight excluding hydrogens is 354 g/mol. The Morgan fingerprint density at radius 2 is 2.00 bits per heavy atom. The highest BCUT2D eigenvalue weighted by Crippen LogP contribution is 2.17. The molecule has 1 aromatic heterocycles. The summed E-state index contributed by atoms with van der Waals surface area (Å²) in [7, 11) is 0. The Bertz CT molecular complexity index is 598.